The summed E-state index contributed by atoms with van der Waals surface area (Å²) in [5.41, 5.74) is 5.46. The fourth-order valence-electron chi connectivity index (χ4n) is 1.62. The summed E-state index contributed by atoms with van der Waals surface area (Å²) >= 11 is 0. The number of benzene rings is 1. The van der Waals surface area contributed by atoms with Crippen molar-refractivity contribution < 1.29 is 22.7 Å². The number of carbonyl (C=O) groups is 1. The van der Waals surface area contributed by atoms with E-state index in [-0.39, 0.29) is 31.2 Å². The zero-order valence-electron chi connectivity index (χ0n) is 14.2. The van der Waals surface area contributed by atoms with Crippen molar-refractivity contribution in [1.82, 2.24) is 10.0 Å². The molecule has 1 rings (SSSR count). The maximum Gasteiger partial charge on any atom is 0.407 e. The molecule has 1 aromatic rings. The molecule has 0 heterocycles. The molecular weight excluding hydrogens is 334 g/mol. The Morgan fingerprint density at radius 1 is 1.12 bits per heavy atom. The molecule has 0 aromatic heterocycles. The molecule has 0 saturated carbocycles. The van der Waals surface area contributed by atoms with Crippen LogP contribution in [0.2, 0.25) is 0 Å². The minimum absolute atomic E-state index is 0.124. The SMILES string of the molecule is CC(C)(C)OC(=O)NCCOCCNS(=O)(=O)c1ccc(N)cc1. The number of hydrogen-bond donors (Lipinski definition) is 3. The van der Waals surface area contributed by atoms with Gasteiger partial charge in [-0.1, -0.05) is 0 Å². The number of carbonyl (C=O) groups excluding carboxylic acids is 1. The lowest BCUT2D eigenvalue weighted by atomic mass is 10.2. The van der Waals surface area contributed by atoms with E-state index in [2.05, 4.69) is 10.0 Å². The van der Waals surface area contributed by atoms with E-state index in [0.29, 0.717) is 5.69 Å². The molecule has 4 N–H and O–H groups in total. The van der Waals surface area contributed by atoms with E-state index in [0.717, 1.165) is 0 Å². The lowest BCUT2D eigenvalue weighted by Gasteiger charge is -2.19. The molecule has 0 unspecified atom stereocenters. The summed E-state index contributed by atoms with van der Waals surface area (Å²) in [6.07, 6.45) is -0.518. The normalized spacial score (nSPS) is 12.0. The van der Waals surface area contributed by atoms with Gasteiger partial charge in [-0.2, -0.15) is 0 Å². The van der Waals surface area contributed by atoms with Crippen molar-refractivity contribution in [3.63, 3.8) is 0 Å². The molecule has 8 nitrogen and oxygen atoms in total. The van der Waals surface area contributed by atoms with E-state index < -0.39 is 21.7 Å². The minimum atomic E-state index is -3.58. The third-order valence-electron chi connectivity index (χ3n) is 2.64. The van der Waals surface area contributed by atoms with Gasteiger partial charge in [-0.15, -0.1) is 0 Å². The smallest absolute Gasteiger partial charge is 0.407 e. The van der Waals surface area contributed by atoms with Gasteiger partial charge in [0.2, 0.25) is 10.0 Å². The van der Waals surface area contributed by atoms with E-state index in [1.807, 2.05) is 0 Å². The van der Waals surface area contributed by atoms with Crippen LogP contribution in [0, 0.1) is 0 Å². The Hall–Kier alpha value is -1.84. The first-order chi connectivity index (χ1) is 11.1. The Morgan fingerprint density at radius 2 is 1.71 bits per heavy atom. The quantitative estimate of drug-likeness (QED) is 0.472. The van der Waals surface area contributed by atoms with Crippen LogP contribution >= 0.6 is 0 Å². The second-order valence-electron chi connectivity index (χ2n) is 6.01. The average molecular weight is 359 g/mol. The summed E-state index contributed by atoms with van der Waals surface area (Å²) in [6.45, 7) is 6.16. The molecule has 1 amide bonds. The molecule has 0 saturated heterocycles. The van der Waals surface area contributed by atoms with Crippen molar-refractivity contribution in [3.05, 3.63) is 24.3 Å². The number of ether oxygens (including phenoxy) is 2. The molecule has 24 heavy (non-hydrogen) atoms. The summed E-state index contributed by atoms with van der Waals surface area (Å²) in [5, 5.41) is 2.54. The Balaban J connectivity index is 2.18. The largest absolute Gasteiger partial charge is 0.444 e. The molecule has 9 heteroatoms. The predicted octanol–water partition coefficient (Wildman–Crippen LogP) is 1.09. The lowest BCUT2D eigenvalue weighted by Crippen LogP contribution is -2.34. The maximum atomic E-state index is 12.0. The van der Waals surface area contributed by atoms with Crippen molar-refractivity contribution in [1.29, 1.82) is 0 Å². The van der Waals surface area contributed by atoms with Gasteiger partial charge in [0.1, 0.15) is 5.60 Å². The fraction of sp³-hybridized carbons (Fsp3) is 0.533. The molecule has 1 aromatic carbocycles. The van der Waals surface area contributed by atoms with Crippen LogP contribution in [0.1, 0.15) is 20.8 Å². The Morgan fingerprint density at radius 3 is 2.29 bits per heavy atom. The zero-order chi connectivity index (χ0) is 18.2. The summed E-state index contributed by atoms with van der Waals surface area (Å²) in [6, 6.07) is 5.91. The van der Waals surface area contributed by atoms with Gasteiger partial charge in [0.25, 0.3) is 0 Å². The van der Waals surface area contributed by atoms with Crippen molar-refractivity contribution in [2.45, 2.75) is 31.3 Å². The molecule has 0 spiro atoms. The molecular formula is C15H25N3O5S. The van der Waals surface area contributed by atoms with Crippen LogP contribution in [0.5, 0.6) is 0 Å². The third-order valence-corrected chi connectivity index (χ3v) is 4.12. The van der Waals surface area contributed by atoms with Crippen LogP contribution in [0.4, 0.5) is 10.5 Å². The van der Waals surface area contributed by atoms with E-state index in [1.165, 1.54) is 24.3 Å². The first kappa shape index (κ1) is 20.2. The molecule has 136 valence electrons. The lowest BCUT2D eigenvalue weighted by molar-refractivity contribution is 0.0501. The van der Waals surface area contributed by atoms with Gasteiger partial charge in [0.05, 0.1) is 18.1 Å². The van der Waals surface area contributed by atoms with Gasteiger partial charge in [0, 0.05) is 18.8 Å². The summed E-state index contributed by atoms with van der Waals surface area (Å²) < 4.78 is 36.7. The highest BCUT2D eigenvalue weighted by Gasteiger charge is 2.15. The molecule has 0 fully saturated rings. The van der Waals surface area contributed by atoms with Crippen LogP contribution in [0.25, 0.3) is 0 Å². The topological polar surface area (TPSA) is 120 Å². The summed E-state index contributed by atoms with van der Waals surface area (Å²) in [5.74, 6) is 0. The highest BCUT2D eigenvalue weighted by Crippen LogP contribution is 2.11. The van der Waals surface area contributed by atoms with Crippen molar-refractivity contribution in [2.24, 2.45) is 0 Å². The Labute approximate surface area is 142 Å². The molecule has 0 bridgehead atoms. The Kier molecular flexibility index (Phi) is 7.46. The van der Waals surface area contributed by atoms with Crippen molar-refractivity contribution in [3.8, 4) is 0 Å². The zero-order valence-corrected chi connectivity index (χ0v) is 15.0. The van der Waals surface area contributed by atoms with Crippen LogP contribution in [-0.4, -0.2) is 46.4 Å². The highest BCUT2D eigenvalue weighted by atomic mass is 32.2. The predicted molar refractivity (Wildman–Crippen MR) is 91.1 cm³/mol. The van der Waals surface area contributed by atoms with E-state index >= 15 is 0 Å². The van der Waals surface area contributed by atoms with Gasteiger partial charge >= 0.3 is 6.09 Å². The van der Waals surface area contributed by atoms with Crippen LogP contribution in [0.15, 0.2) is 29.2 Å². The number of nitrogens with one attached hydrogen (secondary N) is 2. The molecule has 0 aliphatic heterocycles. The van der Waals surface area contributed by atoms with Gasteiger partial charge < -0.3 is 20.5 Å². The maximum absolute atomic E-state index is 12.0. The molecule has 0 radical (unpaired) electrons. The van der Waals surface area contributed by atoms with Crippen molar-refractivity contribution >= 4 is 21.8 Å². The van der Waals surface area contributed by atoms with Gasteiger partial charge in [-0.05, 0) is 45.0 Å². The van der Waals surface area contributed by atoms with E-state index in [1.54, 1.807) is 20.8 Å². The number of rotatable bonds is 8. The van der Waals surface area contributed by atoms with Crippen molar-refractivity contribution in [2.75, 3.05) is 32.0 Å². The first-order valence-electron chi connectivity index (χ1n) is 7.50. The van der Waals surface area contributed by atoms with Crippen LogP contribution in [-0.2, 0) is 19.5 Å². The number of hydrogen-bond acceptors (Lipinski definition) is 6. The number of nitrogens with two attached hydrogens (primary N) is 1. The Bertz CT molecular complexity index is 624. The second kappa shape index (κ2) is 8.86. The monoisotopic (exact) mass is 359 g/mol. The highest BCUT2D eigenvalue weighted by molar-refractivity contribution is 7.89. The second-order valence-corrected chi connectivity index (χ2v) is 7.77. The molecule has 0 aliphatic carbocycles. The van der Waals surface area contributed by atoms with E-state index in [9.17, 15) is 13.2 Å². The summed E-state index contributed by atoms with van der Waals surface area (Å²) in [4.78, 5) is 11.5. The summed E-state index contributed by atoms with van der Waals surface area (Å²) in [7, 11) is -3.58. The fourth-order valence-corrected chi connectivity index (χ4v) is 2.63. The van der Waals surface area contributed by atoms with Crippen LogP contribution in [0.3, 0.4) is 0 Å². The number of alkyl carbamates (subject to hydrolysis) is 1. The standard InChI is InChI=1S/C15H25N3O5S/c1-15(2,3)23-14(19)17-8-10-22-11-9-18-24(20,21)13-6-4-12(16)5-7-13/h4-7,18H,8-11,16H2,1-3H3,(H,17,19). The molecule has 0 aliphatic rings. The average Bonchev–Trinajstić information content (AvgIpc) is 2.44. The first-order valence-corrected chi connectivity index (χ1v) is 8.98. The number of amides is 1. The van der Waals surface area contributed by atoms with Gasteiger partial charge in [-0.3, -0.25) is 0 Å². The van der Waals surface area contributed by atoms with Gasteiger partial charge in [-0.25, -0.2) is 17.9 Å². The van der Waals surface area contributed by atoms with Gasteiger partial charge in [0.15, 0.2) is 0 Å². The number of nitrogen functional groups attached to an aromatic ring is 1. The molecule has 0 atom stereocenters. The van der Waals surface area contributed by atoms with Crippen LogP contribution < -0.4 is 15.8 Å². The number of sulfonamides is 1. The number of anilines is 1. The third kappa shape index (κ3) is 8.14. The minimum Gasteiger partial charge on any atom is -0.444 e. The van der Waals surface area contributed by atoms with E-state index in [4.69, 9.17) is 15.2 Å².